The lowest BCUT2D eigenvalue weighted by atomic mass is 10.1. The summed E-state index contributed by atoms with van der Waals surface area (Å²) < 4.78 is 28.6. The van der Waals surface area contributed by atoms with E-state index in [9.17, 15) is 14.4 Å². The van der Waals surface area contributed by atoms with E-state index in [4.69, 9.17) is 23.7 Å². The van der Waals surface area contributed by atoms with Gasteiger partial charge in [0, 0.05) is 20.8 Å². The van der Waals surface area contributed by atoms with Crippen LogP contribution in [0.1, 0.15) is 27.0 Å². The maximum atomic E-state index is 11.7. The minimum absolute atomic E-state index is 0.212. The number of rotatable bonds is 6. The molecule has 0 amide bonds. The van der Waals surface area contributed by atoms with E-state index >= 15 is 0 Å². The summed E-state index contributed by atoms with van der Waals surface area (Å²) in [5.41, 5.74) is 0.368. The Labute approximate surface area is 165 Å². The summed E-state index contributed by atoms with van der Waals surface area (Å²) in [5.74, 6) is -1.16. The number of imidazole rings is 1. The number of methoxy groups -OCH3 is 1. The smallest absolute Gasteiger partial charge is 0.303 e. The Morgan fingerprint density at radius 2 is 1.72 bits per heavy atom. The third kappa shape index (κ3) is 4.26. The summed E-state index contributed by atoms with van der Waals surface area (Å²) in [6.07, 6.45) is -1.26. The molecule has 0 aliphatic carbocycles. The van der Waals surface area contributed by atoms with Gasteiger partial charge in [-0.25, -0.2) is 15.0 Å². The van der Waals surface area contributed by atoms with Crippen molar-refractivity contribution in [3.05, 3.63) is 12.7 Å². The number of aromatic nitrogens is 4. The first-order valence-corrected chi connectivity index (χ1v) is 8.66. The van der Waals surface area contributed by atoms with Crippen molar-refractivity contribution in [2.75, 3.05) is 13.7 Å². The molecule has 156 valence electrons. The second kappa shape index (κ2) is 8.39. The van der Waals surface area contributed by atoms with Gasteiger partial charge in [-0.3, -0.25) is 19.0 Å². The van der Waals surface area contributed by atoms with Crippen LogP contribution in [0.3, 0.4) is 0 Å². The Hall–Kier alpha value is -3.28. The molecule has 3 aliphatic rings. The quantitative estimate of drug-likeness (QED) is 0.475. The van der Waals surface area contributed by atoms with Crippen molar-refractivity contribution in [3.63, 3.8) is 0 Å². The van der Waals surface area contributed by atoms with E-state index in [1.54, 1.807) is 0 Å². The van der Waals surface area contributed by atoms with Crippen molar-refractivity contribution in [2.45, 2.75) is 45.3 Å². The zero-order valence-electron chi connectivity index (χ0n) is 16.2. The van der Waals surface area contributed by atoms with Gasteiger partial charge < -0.3 is 23.7 Å². The molecule has 4 atom stereocenters. The third-order valence-corrected chi connectivity index (χ3v) is 4.13. The number of esters is 3. The molecule has 0 aromatic heterocycles. The van der Waals surface area contributed by atoms with E-state index in [2.05, 4.69) is 15.0 Å². The fourth-order valence-corrected chi connectivity index (χ4v) is 3.10. The third-order valence-electron chi connectivity index (χ3n) is 4.13. The van der Waals surface area contributed by atoms with Crippen molar-refractivity contribution in [1.82, 2.24) is 19.5 Å². The Morgan fingerprint density at radius 3 is 2.34 bits per heavy atom. The van der Waals surface area contributed by atoms with Crippen LogP contribution in [-0.4, -0.2) is 69.5 Å². The monoisotopic (exact) mass is 408 g/mol. The number of hydrogen-bond acceptors (Lipinski definition) is 11. The minimum Gasteiger partial charge on any atom is -0.480 e. The van der Waals surface area contributed by atoms with Gasteiger partial charge in [0.2, 0.25) is 5.88 Å². The molecule has 0 aromatic rings. The predicted molar refractivity (Wildman–Crippen MR) is 92.6 cm³/mol. The van der Waals surface area contributed by atoms with Gasteiger partial charge in [0.1, 0.15) is 25.4 Å². The van der Waals surface area contributed by atoms with E-state index < -0.39 is 42.4 Å². The summed E-state index contributed by atoms with van der Waals surface area (Å²) in [4.78, 5) is 46.9. The van der Waals surface area contributed by atoms with Crippen LogP contribution in [0, 0.1) is 0 Å². The van der Waals surface area contributed by atoms with E-state index in [1.807, 2.05) is 0 Å². The molecular weight excluding hydrogens is 388 g/mol. The van der Waals surface area contributed by atoms with Gasteiger partial charge in [-0.05, 0) is 0 Å². The lowest BCUT2D eigenvalue weighted by Gasteiger charge is -2.25. The lowest BCUT2D eigenvalue weighted by molar-refractivity contribution is -0.166. The van der Waals surface area contributed by atoms with Crippen LogP contribution in [0.5, 0.6) is 5.88 Å². The molecule has 0 saturated carbocycles. The maximum Gasteiger partial charge on any atom is 0.303 e. The van der Waals surface area contributed by atoms with Crippen molar-refractivity contribution < 1.29 is 38.1 Å². The number of carbonyl (C=O) groups excluding carboxylic acids is 3. The Bertz CT molecular complexity index is 884. The van der Waals surface area contributed by atoms with Crippen LogP contribution in [0.25, 0.3) is 11.5 Å². The van der Waals surface area contributed by atoms with Crippen molar-refractivity contribution >= 4 is 17.9 Å². The Morgan fingerprint density at radius 1 is 1.03 bits per heavy atom. The normalized spacial score (nSPS) is 23.6. The number of ether oxygens (including phenoxy) is 5. The van der Waals surface area contributed by atoms with Gasteiger partial charge >= 0.3 is 17.9 Å². The molecule has 29 heavy (non-hydrogen) atoms. The van der Waals surface area contributed by atoms with Gasteiger partial charge in [-0.15, -0.1) is 0 Å². The van der Waals surface area contributed by atoms with Crippen LogP contribution < -0.4 is 4.74 Å². The molecule has 0 bridgehead atoms. The topological polar surface area (TPSA) is 141 Å². The fourth-order valence-electron chi connectivity index (χ4n) is 3.10. The highest BCUT2D eigenvalue weighted by molar-refractivity contribution is 5.68. The second-order valence-corrected chi connectivity index (χ2v) is 6.22. The SMILES string of the molecule is COc1c2ncnc-2ncn1[C@@H]1O[C@H](COC(C)=O)[C@H](OC(C)=O)[C@H]1OC(C)=O. The van der Waals surface area contributed by atoms with Crippen LogP contribution in [0.15, 0.2) is 12.7 Å². The molecule has 0 radical (unpaired) electrons. The Kier molecular flexibility index (Phi) is 5.92. The fraction of sp³-hybridized carbons (Fsp3) is 0.529. The largest absolute Gasteiger partial charge is 0.480 e. The predicted octanol–water partition coefficient (Wildman–Crippen LogP) is 0.110. The van der Waals surface area contributed by atoms with Crippen molar-refractivity contribution in [2.24, 2.45) is 0 Å². The highest BCUT2D eigenvalue weighted by atomic mass is 16.7. The highest BCUT2D eigenvalue weighted by Gasteiger charge is 2.51. The molecule has 3 rings (SSSR count). The summed E-state index contributed by atoms with van der Waals surface area (Å²) >= 11 is 0. The van der Waals surface area contributed by atoms with Crippen LogP contribution in [-0.2, 0) is 33.3 Å². The standard InChI is InChI=1S/C17H20N4O8/c1-8(22)26-5-11-13(27-9(2)23)14(28-10(3)24)17(29-11)21-7-20-15-12(16(21)25-4)18-6-19-15/h6-7,11,13-14,17H,5H2,1-4H3/t11-,13+,14-,17-/m1/s1. The van der Waals surface area contributed by atoms with E-state index in [0.29, 0.717) is 11.5 Å². The van der Waals surface area contributed by atoms with Gasteiger partial charge in [0.05, 0.1) is 7.11 Å². The number of fused-ring (bicyclic) bond motifs is 1. The molecule has 0 aromatic carbocycles. The van der Waals surface area contributed by atoms with Gasteiger partial charge in [0.25, 0.3) is 0 Å². The van der Waals surface area contributed by atoms with Gasteiger partial charge in [-0.2, -0.15) is 0 Å². The average molecular weight is 408 g/mol. The van der Waals surface area contributed by atoms with Gasteiger partial charge in [-0.1, -0.05) is 0 Å². The molecule has 3 heterocycles. The molecule has 1 fully saturated rings. The first kappa shape index (κ1) is 20.5. The molecule has 1 saturated heterocycles. The summed E-state index contributed by atoms with van der Waals surface area (Å²) in [6, 6.07) is 0. The summed E-state index contributed by atoms with van der Waals surface area (Å²) in [5, 5.41) is 0. The van der Waals surface area contributed by atoms with Crippen molar-refractivity contribution in [3.8, 4) is 17.4 Å². The van der Waals surface area contributed by atoms with Crippen molar-refractivity contribution in [1.29, 1.82) is 0 Å². The highest BCUT2D eigenvalue weighted by Crippen LogP contribution is 2.38. The second-order valence-electron chi connectivity index (χ2n) is 6.22. The molecule has 12 heteroatoms. The molecular formula is C17H20N4O8. The number of nitrogens with zero attached hydrogens (tertiary/aromatic N) is 4. The number of carbonyl (C=O) groups is 3. The number of hydrogen-bond donors (Lipinski definition) is 0. The first-order valence-electron chi connectivity index (χ1n) is 8.66. The van der Waals surface area contributed by atoms with Crippen LogP contribution >= 0.6 is 0 Å². The molecule has 0 unspecified atom stereocenters. The molecule has 12 nitrogen and oxygen atoms in total. The lowest BCUT2D eigenvalue weighted by Crippen LogP contribution is -2.40. The van der Waals surface area contributed by atoms with Crippen LogP contribution in [0.4, 0.5) is 0 Å². The van der Waals surface area contributed by atoms with E-state index in [0.717, 1.165) is 0 Å². The summed E-state index contributed by atoms with van der Waals surface area (Å²) in [7, 11) is 1.43. The Balaban J connectivity index is 2.03. The minimum atomic E-state index is -1.06. The van der Waals surface area contributed by atoms with Crippen LogP contribution in [0.2, 0.25) is 0 Å². The zero-order chi connectivity index (χ0) is 21.1. The van der Waals surface area contributed by atoms with E-state index in [-0.39, 0.29) is 12.5 Å². The summed E-state index contributed by atoms with van der Waals surface area (Å²) in [6.45, 7) is 3.45. The van der Waals surface area contributed by atoms with Gasteiger partial charge in [0.15, 0.2) is 30.0 Å². The average Bonchev–Trinajstić information content (AvgIpc) is 3.24. The molecule has 0 N–H and O–H groups in total. The van der Waals surface area contributed by atoms with E-state index in [1.165, 1.54) is 45.1 Å². The molecule has 0 spiro atoms. The molecule has 3 aliphatic heterocycles. The maximum absolute atomic E-state index is 11.7. The first-order chi connectivity index (χ1) is 13.8. The zero-order valence-corrected chi connectivity index (χ0v) is 16.2.